The average molecular weight is 825 g/mol. The molecule has 60 heavy (non-hydrogen) atoms. The van der Waals surface area contributed by atoms with Crippen LogP contribution in [0.2, 0.25) is 0 Å². The van der Waals surface area contributed by atoms with Crippen molar-refractivity contribution in [3.8, 4) is 0 Å². The molecule has 2 heterocycles. The zero-order valence-electron chi connectivity index (χ0n) is 36.0. The van der Waals surface area contributed by atoms with Gasteiger partial charge in [-0.15, -0.1) is 0 Å². The van der Waals surface area contributed by atoms with E-state index < -0.39 is 69.8 Å². The first-order valence-corrected chi connectivity index (χ1v) is 20.4. The summed E-state index contributed by atoms with van der Waals surface area (Å²) in [5.74, 6) is -2.29. The average Bonchev–Trinajstić information content (AvgIpc) is 3.88. The Bertz CT molecular complexity index is 2060. The number of methoxy groups -OCH3 is 2. The summed E-state index contributed by atoms with van der Waals surface area (Å²) in [6.07, 6.45) is 0.798. The third-order valence-corrected chi connectivity index (χ3v) is 12.1. The molecule has 14 heteroatoms. The standard InChI is InChI=1S/C46H60N6O8/c1-43(2,3)35(49-41(57)59-7)37(53)51-26-12-24-45(51,39(47)55)32-20-16-29(17-21-32)28-34(30-14-10-9-11-15-30)31-18-22-33(23-19-31)46(40(48)56)25-13-27-52(46)38(54)36(44(4,5)6)50-42(58)60-8/h9-11,14-23,34-36H,12-13,24-28H2,1-8H3,(H2,47,55)(H2,48,56)(H,49,57)(H,50,58)/t34?,35-,36-,45+,46+/m1/s1. The Balaban J connectivity index is 1.47. The van der Waals surface area contributed by atoms with Gasteiger partial charge in [0.05, 0.1) is 14.2 Å². The van der Waals surface area contributed by atoms with Crippen LogP contribution >= 0.6 is 0 Å². The molecule has 3 aromatic rings. The van der Waals surface area contributed by atoms with Gasteiger partial charge < -0.3 is 41.4 Å². The lowest BCUT2D eigenvalue weighted by Crippen LogP contribution is -2.61. The number of amides is 6. The largest absolute Gasteiger partial charge is 0.453 e. The molecule has 2 aliphatic heterocycles. The van der Waals surface area contributed by atoms with Crippen LogP contribution < -0.4 is 22.1 Å². The van der Waals surface area contributed by atoms with Crippen LogP contribution in [0.4, 0.5) is 9.59 Å². The van der Waals surface area contributed by atoms with Gasteiger partial charge in [0.1, 0.15) is 23.2 Å². The second-order valence-electron chi connectivity index (χ2n) is 18.0. The van der Waals surface area contributed by atoms with Crippen molar-refractivity contribution < 1.29 is 38.2 Å². The van der Waals surface area contributed by atoms with Crippen LogP contribution in [0.3, 0.4) is 0 Å². The maximum absolute atomic E-state index is 14.2. The number of nitrogens with two attached hydrogens (primary N) is 2. The molecule has 5 rings (SSSR count). The number of alkyl carbamates (subject to hydrolysis) is 2. The fourth-order valence-electron chi connectivity index (χ4n) is 8.85. The van der Waals surface area contributed by atoms with Gasteiger partial charge >= 0.3 is 12.2 Å². The van der Waals surface area contributed by atoms with E-state index in [9.17, 15) is 28.8 Å². The Kier molecular flexibility index (Phi) is 13.4. The van der Waals surface area contributed by atoms with Gasteiger partial charge in [0.2, 0.25) is 23.6 Å². The van der Waals surface area contributed by atoms with Crippen molar-refractivity contribution in [3.05, 3.63) is 107 Å². The topological polar surface area (TPSA) is 203 Å². The minimum absolute atomic E-state index is 0.141. The number of rotatable bonds is 12. The molecule has 6 N–H and O–H groups in total. The fourth-order valence-corrected chi connectivity index (χ4v) is 8.85. The molecule has 2 fully saturated rings. The summed E-state index contributed by atoms with van der Waals surface area (Å²) in [6, 6.07) is 23.2. The number of primary amides is 2. The monoisotopic (exact) mass is 824 g/mol. The Labute approximate surface area is 352 Å². The molecule has 3 aromatic carbocycles. The van der Waals surface area contributed by atoms with Gasteiger partial charge in [0.25, 0.3) is 0 Å². The lowest BCUT2D eigenvalue weighted by Gasteiger charge is -2.41. The zero-order chi connectivity index (χ0) is 44.2. The Morgan fingerprint density at radius 2 is 1.00 bits per heavy atom. The summed E-state index contributed by atoms with van der Waals surface area (Å²) in [5, 5.41) is 5.33. The zero-order valence-corrected chi connectivity index (χ0v) is 36.0. The van der Waals surface area contributed by atoms with Crippen molar-refractivity contribution in [2.24, 2.45) is 22.3 Å². The maximum atomic E-state index is 14.2. The molecule has 322 valence electrons. The van der Waals surface area contributed by atoms with Crippen LogP contribution in [0.5, 0.6) is 0 Å². The van der Waals surface area contributed by atoms with Gasteiger partial charge in [0, 0.05) is 19.0 Å². The summed E-state index contributed by atoms with van der Waals surface area (Å²) in [5.41, 5.74) is 12.2. The summed E-state index contributed by atoms with van der Waals surface area (Å²) in [6.45, 7) is 11.5. The van der Waals surface area contributed by atoms with Crippen LogP contribution in [-0.4, -0.2) is 85.0 Å². The van der Waals surface area contributed by atoms with Gasteiger partial charge in [-0.1, -0.05) is 120 Å². The second-order valence-corrected chi connectivity index (χ2v) is 18.0. The third-order valence-electron chi connectivity index (χ3n) is 12.1. The van der Waals surface area contributed by atoms with Crippen molar-refractivity contribution in [1.82, 2.24) is 20.4 Å². The Morgan fingerprint density at radius 1 is 0.617 bits per heavy atom. The smallest absolute Gasteiger partial charge is 0.407 e. The molecule has 1 unspecified atom stereocenters. The molecule has 14 nitrogen and oxygen atoms in total. The third kappa shape index (κ3) is 8.83. The van der Waals surface area contributed by atoms with E-state index in [2.05, 4.69) is 10.6 Å². The van der Waals surface area contributed by atoms with Crippen LogP contribution in [0.1, 0.15) is 101 Å². The molecule has 0 saturated carbocycles. The van der Waals surface area contributed by atoms with Crippen molar-refractivity contribution in [2.45, 2.75) is 103 Å². The van der Waals surface area contributed by atoms with Gasteiger partial charge in [0.15, 0.2) is 0 Å². The summed E-state index contributed by atoms with van der Waals surface area (Å²) >= 11 is 0. The molecule has 0 aliphatic carbocycles. The molecule has 2 aliphatic rings. The lowest BCUT2D eigenvalue weighted by molar-refractivity contribution is -0.147. The molecular formula is C46H60N6O8. The van der Waals surface area contributed by atoms with Crippen LogP contribution in [0, 0.1) is 10.8 Å². The first kappa shape index (κ1) is 45.2. The number of hydrogen-bond donors (Lipinski definition) is 4. The van der Waals surface area contributed by atoms with Crippen LogP contribution in [0.25, 0.3) is 0 Å². The van der Waals surface area contributed by atoms with Crippen molar-refractivity contribution >= 4 is 35.8 Å². The highest BCUT2D eigenvalue weighted by molar-refractivity contribution is 5.96. The van der Waals surface area contributed by atoms with E-state index in [0.717, 1.165) is 16.7 Å². The molecule has 0 aromatic heterocycles. The first-order chi connectivity index (χ1) is 28.2. The molecule has 0 bridgehead atoms. The van der Waals surface area contributed by atoms with E-state index in [1.807, 2.05) is 120 Å². The quantitative estimate of drug-likeness (QED) is 0.191. The minimum atomic E-state index is -1.43. The number of carbonyl (C=O) groups is 6. The van der Waals surface area contributed by atoms with Crippen LogP contribution in [0.15, 0.2) is 78.9 Å². The first-order valence-electron chi connectivity index (χ1n) is 20.4. The van der Waals surface area contributed by atoms with E-state index in [1.165, 1.54) is 24.0 Å². The van der Waals surface area contributed by atoms with Gasteiger partial charge in [-0.05, 0) is 70.8 Å². The predicted octanol–water partition coefficient (Wildman–Crippen LogP) is 5.21. The van der Waals surface area contributed by atoms with E-state index >= 15 is 0 Å². The SMILES string of the molecule is COC(=O)N[C@H](C(=O)N1CCC[C@@]1(C(N)=O)c1ccc(CC(c2ccccc2)c2ccc([C@]3(C(N)=O)CCCN3C(=O)[C@@H](NC(=O)OC)C(C)(C)C)cc2)cc1)C(C)(C)C. The Hall–Kier alpha value is -5.92. The molecule has 2 saturated heterocycles. The predicted molar refractivity (Wildman–Crippen MR) is 226 cm³/mol. The number of carbonyl (C=O) groups excluding carboxylic acids is 6. The number of nitrogens with zero attached hydrogens (tertiary/aromatic N) is 2. The number of hydrogen-bond acceptors (Lipinski definition) is 8. The molecule has 0 radical (unpaired) electrons. The van der Waals surface area contributed by atoms with Crippen molar-refractivity contribution in [2.75, 3.05) is 27.3 Å². The van der Waals surface area contributed by atoms with E-state index in [1.54, 1.807) is 0 Å². The van der Waals surface area contributed by atoms with Gasteiger partial charge in [-0.2, -0.15) is 0 Å². The van der Waals surface area contributed by atoms with Crippen LogP contribution in [-0.2, 0) is 46.2 Å². The van der Waals surface area contributed by atoms with E-state index in [-0.39, 0.29) is 19.0 Å². The molecule has 5 atom stereocenters. The Morgan fingerprint density at radius 3 is 1.37 bits per heavy atom. The number of nitrogens with one attached hydrogen (secondary N) is 2. The normalized spacial score (nSPS) is 20.7. The van der Waals surface area contributed by atoms with Gasteiger partial charge in [-0.25, -0.2) is 9.59 Å². The molecule has 0 spiro atoms. The second kappa shape index (κ2) is 17.7. The lowest BCUT2D eigenvalue weighted by atomic mass is 9.80. The highest BCUT2D eigenvalue weighted by Gasteiger charge is 2.54. The van der Waals surface area contributed by atoms with E-state index in [0.29, 0.717) is 43.2 Å². The number of benzene rings is 3. The molecular weight excluding hydrogens is 765 g/mol. The van der Waals surface area contributed by atoms with E-state index in [4.69, 9.17) is 20.9 Å². The molecule has 6 amide bonds. The summed E-state index contributed by atoms with van der Waals surface area (Å²) < 4.78 is 9.62. The number of likely N-dealkylation sites (tertiary alicyclic amines) is 2. The van der Waals surface area contributed by atoms with Crippen molar-refractivity contribution in [3.63, 3.8) is 0 Å². The summed E-state index contributed by atoms with van der Waals surface area (Å²) in [4.78, 5) is 82.9. The highest BCUT2D eigenvalue weighted by atomic mass is 16.5. The van der Waals surface area contributed by atoms with Gasteiger partial charge in [-0.3, -0.25) is 19.2 Å². The fraction of sp³-hybridized carbons (Fsp3) is 0.478. The highest BCUT2D eigenvalue weighted by Crippen LogP contribution is 2.43. The minimum Gasteiger partial charge on any atom is -0.453 e. The summed E-state index contributed by atoms with van der Waals surface area (Å²) in [7, 11) is 2.46. The maximum Gasteiger partial charge on any atom is 0.407 e. The van der Waals surface area contributed by atoms with Crippen molar-refractivity contribution in [1.29, 1.82) is 0 Å². The number of ether oxygens (including phenoxy) is 2.